The van der Waals surface area contributed by atoms with E-state index in [0.29, 0.717) is 32.0 Å². The van der Waals surface area contributed by atoms with Crippen LogP contribution in [0.5, 0.6) is 0 Å². The summed E-state index contributed by atoms with van der Waals surface area (Å²) in [5.41, 5.74) is 11.1. The molecule has 0 unspecified atom stereocenters. The van der Waals surface area contributed by atoms with E-state index in [1.165, 1.54) is 0 Å². The van der Waals surface area contributed by atoms with E-state index in [1.807, 2.05) is 29.3 Å². The Morgan fingerprint density at radius 3 is 2.71 bits per heavy atom. The van der Waals surface area contributed by atoms with Crippen LogP contribution in [-0.2, 0) is 16.0 Å². The molecule has 31 heavy (non-hydrogen) atoms. The average molecular weight is 422 g/mol. The Morgan fingerprint density at radius 1 is 1.23 bits per heavy atom. The number of aliphatic imine (C=N–C) groups is 1. The molecule has 1 fully saturated rings. The van der Waals surface area contributed by atoms with E-state index in [2.05, 4.69) is 27.9 Å². The lowest BCUT2D eigenvalue weighted by Crippen LogP contribution is -2.51. The van der Waals surface area contributed by atoms with Crippen molar-refractivity contribution in [1.29, 1.82) is 0 Å². The fourth-order valence-corrected chi connectivity index (χ4v) is 4.48. The number of hydrogen-bond donors (Lipinski definition) is 3. The van der Waals surface area contributed by atoms with Crippen LogP contribution >= 0.6 is 0 Å². The van der Waals surface area contributed by atoms with Crippen LogP contribution in [0.2, 0.25) is 0 Å². The molecule has 1 aliphatic heterocycles. The third-order valence-electron chi connectivity index (χ3n) is 6.38. The topological polar surface area (TPSA) is 99.8 Å². The number of carbonyl (C=O) groups excluding carboxylic acids is 2. The van der Waals surface area contributed by atoms with Crippen molar-refractivity contribution in [3.05, 3.63) is 59.8 Å². The van der Waals surface area contributed by atoms with Gasteiger partial charge in [-0.05, 0) is 56.2 Å². The third-order valence-corrected chi connectivity index (χ3v) is 6.38. The summed E-state index contributed by atoms with van der Waals surface area (Å²) in [7, 11) is 0. The minimum Gasteiger partial charge on any atom is -0.346 e. The molecule has 7 heteroatoms. The Morgan fingerprint density at radius 2 is 2.00 bits per heavy atom. The van der Waals surface area contributed by atoms with Crippen molar-refractivity contribution in [2.75, 3.05) is 13.2 Å². The zero-order chi connectivity index (χ0) is 21.6. The maximum absolute atomic E-state index is 13.1. The smallest absolute Gasteiger partial charge is 0.223 e. The number of allylic oxidation sites excluding steroid dienone is 3. The molecular weight excluding hydrogens is 390 g/mol. The predicted octanol–water partition coefficient (Wildman–Crippen LogP) is 2.07. The van der Waals surface area contributed by atoms with Gasteiger partial charge in [-0.25, -0.2) is 4.99 Å². The molecular formula is C24H31N5O2. The molecule has 1 amide bonds. The van der Waals surface area contributed by atoms with Crippen LogP contribution in [-0.4, -0.2) is 41.8 Å². The summed E-state index contributed by atoms with van der Waals surface area (Å²) < 4.78 is 0. The van der Waals surface area contributed by atoms with Gasteiger partial charge in [-0.3, -0.25) is 20.0 Å². The molecule has 164 valence electrons. The maximum atomic E-state index is 13.1. The molecule has 0 radical (unpaired) electrons. The first-order chi connectivity index (χ1) is 15.1. The number of nitrogens with zero attached hydrogens (tertiary/aromatic N) is 2. The SMILES string of the molecule is NCC1CCC(C(=O)N[C@@H](Cc2ccccc2)C2=NCN(C3=CC(=O)C=CC3)N2)CC1. The zero-order valence-electron chi connectivity index (χ0n) is 17.8. The van der Waals surface area contributed by atoms with Crippen molar-refractivity contribution < 1.29 is 9.59 Å². The first-order valence-corrected chi connectivity index (χ1v) is 11.2. The Kier molecular flexibility index (Phi) is 6.82. The number of hydrazine groups is 1. The van der Waals surface area contributed by atoms with Gasteiger partial charge in [-0.15, -0.1) is 0 Å². The van der Waals surface area contributed by atoms with Crippen LogP contribution in [0, 0.1) is 11.8 Å². The van der Waals surface area contributed by atoms with Crippen molar-refractivity contribution >= 4 is 17.5 Å². The standard InChI is InChI=1S/C24H31N5O2/c25-15-18-9-11-19(12-10-18)24(31)27-22(13-17-5-2-1-3-6-17)23-26-16-29(28-23)20-7-4-8-21(30)14-20/h1-6,8,14,18-19,22H,7,9-13,15-16,25H2,(H,26,28)(H,27,31)/t18?,19?,22-/m0/s1. The lowest BCUT2D eigenvalue weighted by molar-refractivity contribution is -0.126. The van der Waals surface area contributed by atoms with Gasteiger partial charge in [0, 0.05) is 24.1 Å². The highest BCUT2D eigenvalue weighted by Gasteiger charge is 2.30. The van der Waals surface area contributed by atoms with Gasteiger partial charge in [0.1, 0.15) is 12.5 Å². The first kappa shape index (κ1) is 21.3. The van der Waals surface area contributed by atoms with Gasteiger partial charge in [0.05, 0.1) is 6.04 Å². The molecule has 0 bridgehead atoms. The molecule has 0 aromatic heterocycles. The van der Waals surface area contributed by atoms with Crippen LogP contribution in [0.1, 0.15) is 37.7 Å². The molecule has 0 spiro atoms. The first-order valence-electron chi connectivity index (χ1n) is 11.2. The molecule has 4 N–H and O–H groups in total. The predicted molar refractivity (Wildman–Crippen MR) is 121 cm³/mol. The van der Waals surface area contributed by atoms with Crippen LogP contribution < -0.4 is 16.5 Å². The summed E-state index contributed by atoms with van der Waals surface area (Å²) in [5.74, 6) is 1.38. The van der Waals surface area contributed by atoms with E-state index in [9.17, 15) is 9.59 Å². The molecule has 1 heterocycles. The lowest BCUT2D eigenvalue weighted by atomic mass is 9.81. The molecule has 2 aliphatic carbocycles. The summed E-state index contributed by atoms with van der Waals surface area (Å²) in [6.45, 7) is 1.13. The highest BCUT2D eigenvalue weighted by Crippen LogP contribution is 2.28. The minimum atomic E-state index is -0.248. The van der Waals surface area contributed by atoms with Crippen LogP contribution in [0.25, 0.3) is 0 Å². The van der Waals surface area contributed by atoms with Gasteiger partial charge in [0.2, 0.25) is 5.91 Å². The fraction of sp³-hybridized carbons (Fsp3) is 0.458. The Balaban J connectivity index is 1.43. The number of nitrogens with two attached hydrogens (primary N) is 1. The zero-order valence-corrected chi connectivity index (χ0v) is 17.8. The third kappa shape index (κ3) is 5.41. The minimum absolute atomic E-state index is 0.0151. The molecule has 1 aromatic rings. The molecule has 1 atom stereocenters. The van der Waals surface area contributed by atoms with Gasteiger partial charge in [-0.2, -0.15) is 0 Å². The highest BCUT2D eigenvalue weighted by atomic mass is 16.2. The number of hydrogen-bond acceptors (Lipinski definition) is 6. The lowest BCUT2D eigenvalue weighted by Gasteiger charge is -2.29. The van der Waals surface area contributed by atoms with Crippen molar-refractivity contribution in [2.45, 2.75) is 44.6 Å². The van der Waals surface area contributed by atoms with Gasteiger partial charge in [0.25, 0.3) is 0 Å². The summed E-state index contributed by atoms with van der Waals surface area (Å²) in [6.07, 6.45) is 10.2. The van der Waals surface area contributed by atoms with E-state index < -0.39 is 0 Å². The fourth-order valence-electron chi connectivity index (χ4n) is 4.48. The molecule has 7 nitrogen and oxygen atoms in total. The Bertz CT molecular complexity index is 884. The molecule has 3 aliphatic rings. The monoisotopic (exact) mass is 421 g/mol. The average Bonchev–Trinajstić information content (AvgIpc) is 3.30. The van der Waals surface area contributed by atoms with Crippen molar-refractivity contribution in [3.8, 4) is 0 Å². The Labute approximate surface area is 183 Å². The van der Waals surface area contributed by atoms with Gasteiger partial charge < -0.3 is 11.1 Å². The van der Waals surface area contributed by atoms with Crippen LogP contribution in [0.15, 0.2) is 59.2 Å². The second-order valence-corrected chi connectivity index (χ2v) is 8.57. The summed E-state index contributed by atoms with van der Waals surface area (Å²) in [4.78, 5) is 29.5. The van der Waals surface area contributed by atoms with E-state index in [4.69, 9.17) is 5.73 Å². The molecule has 1 aromatic carbocycles. The number of benzene rings is 1. The Hall–Kier alpha value is -2.93. The number of ketones is 1. The van der Waals surface area contributed by atoms with Crippen LogP contribution in [0.4, 0.5) is 0 Å². The van der Waals surface area contributed by atoms with E-state index in [1.54, 1.807) is 12.2 Å². The van der Waals surface area contributed by atoms with Crippen molar-refractivity contribution in [1.82, 2.24) is 15.8 Å². The number of amidine groups is 1. The number of rotatable bonds is 7. The maximum Gasteiger partial charge on any atom is 0.223 e. The van der Waals surface area contributed by atoms with Gasteiger partial charge in [-0.1, -0.05) is 36.4 Å². The molecule has 4 rings (SSSR count). The summed E-state index contributed by atoms with van der Waals surface area (Å²) >= 11 is 0. The van der Waals surface area contributed by atoms with E-state index in [0.717, 1.165) is 42.8 Å². The quantitative estimate of drug-likeness (QED) is 0.626. The molecule has 1 saturated carbocycles. The van der Waals surface area contributed by atoms with E-state index >= 15 is 0 Å². The second-order valence-electron chi connectivity index (χ2n) is 8.57. The number of amides is 1. The van der Waals surface area contributed by atoms with Gasteiger partial charge in [0.15, 0.2) is 5.78 Å². The van der Waals surface area contributed by atoms with Crippen molar-refractivity contribution in [2.24, 2.45) is 22.6 Å². The highest BCUT2D eigenvalue weighted by molar-refractivity contribution is 6.00. The van der Waals surface area contributed by atoms with E-state index in [-0.39, 0.29) is 23.7 Å². The number of nitrogens with one attached hydrogen (secondary N) is 2. The summed E-state index contributed by atoms with van der Waals surface area (Å²) in [6, 6.07) is 9.87. The largest absolute Gasteiger partial charge is 0.346 e. The van der Waals surface area contributed by atoms with Crippen LogP contribution in [0.3, 0.4) is 0 Å². The van der Waals surface area contributed by atoms with Crippen molar-refractivity contribution in [3.63, 3.8) is 0 Å². The molecule has 0 saturated heterocycles. The summed E-state index contributed by atoms with van der Waals surface area (Å²) in [5, 5.41) is 5.13. The van der Waals surface area contributed by atoms with Gasteiger partial charge >= 0.3 is 0 Å². The second kappa shape index (κ2) is 9.92. The number of carbonyl (C=O) groups is 2. The normalized spacial score (nSPS) is 24.3.